The molecule has 1 saturated heterocycles. The standard InChI is InChI=1S/C12H12N4O4S/c13-1-5-2-16(10-7(5)11(21)15-4-14-10)12-9(19)8(18)6(3-17)20-12/h2,4,6,8-9,12,17-19H,3H2,(H,14,15,21)/t6-,8+,9+,12-/m0/s1. The van der Waals surface area contributed by atoms with E-state index >= 15 is 0 Å². The Hall–Kier alpha value is -1.83. The minimum absolute atomic E-state index is 0.255. The van der Waals surface area contributed by atoms with Gasteiger partial charge >= 0.3 is 0 Å². The van der Waals surface area contributed by atoms with Gasteiger partial charge in [-0.1, -0.05) is 12.2 Å². The largest absolute Gasteiger partial charge is 0.394 e. The van der Waals surface area contributed by atoms with Gasteiger partial charge in [-0.25, -0.2) is 4.98 Å². The van der Waals surface area contributed by atoms with Crippen molar-refractivity contribution in [2.75, 3.05) is 6.61 Å². The van der Waals surface area contributed by atoms with Gasteiger partial charge in [0.05, 0.1) is 23.9 Å². The highest BCUT2D eigenvalue weighted by molar-refractivity contribution is 7.71. The Morgan fingerprint density at radius 1 is 1.48 bits per heavy atom. The van der Waals surface area contributed by atoms with Gasteiger partial charge in [-0.3, -0.25) is 0 Å². The predicted molar refractivity (Wildman–Crippen MR) is 72.6 cm³/mol. The quantitative estimate of drug-likeness (QED) is 0.555. The van der Waals surface area contributed by atoms with Crippen LogP contribution in [0.5, 0.6) is 0 Å². The summed E-state index contributed by atoms with van der Waals surface area (Å²) >= 11 is 5.11. The summed E-state index contributed by atoms with van der Waals surface area (Å²) in [6.45, 7) is -0.420. The van der Waals surface area contributed by atoms with Crippen LogP contribution in [0.2, 0.25) is 0 Å². The molecule has 3 heterocycles. The molecule has 3 rings (SSSR count). The van der Waals surface area contributed by atoms with Crippen molar-refractivity contribution in [2.24, 2.45) is 0 Å². The van der Waals surface area contributed by atoms with E-state index in [2.05, 4.69) is 9.97 Å². The first-order chi connectivity index (χ1) is 10.1. The highest BCUT2D eigenvalue weighted by Gasteiger charge is 2.43. The molecule has 0 saturated carbocycles. The molecular weight excluding hydrogens is 296 g/mol. The smallest absolute Gasteiger partial charge is 0.164 e. The fourth-order valence-electron chi connectivity index (χ4n) is 2.50. The van der Waals surface area contributed by atoms with Crippen LogP contribution in [0.25, 0.3) is 11.0 Å². The fourth-order valence-corrected chi connectivity index (χ4v) is 2.76. The third-order valence-electron chi connectivity index (χ3n) is 3.54. The number of aliphatic hydroxyl groups is 3. The number of nitrogens with one attached hydrogen (secondary N) is 1. The van der Waals surface area contributed by atoms with E-state index in [0.29, 0.717) is 11.0 Å². The average Bonchev–Trinajstić information content (AvgIpc) is 2.99. The van der Waals surface area contributed by atoms with E-state index in [1.807, 2.05) is 6.07 Å². The zero-order valence-corrected chi connectivity index (χ0v) is 11.5. The Morgan fingerprint density at radius 2 is 2.24 bits per heavy atom. The Morgan fingerprint density at radius 3 is 2.86 bits per heavy atom. The third-order valence-corrected chi connectivity index (χ3v) is 3.85. The molecule has 9 heteroatoms. The molecule has 2 aromatic heterocycles. The molecular formula is C12H12N4O4S. The Bertz CT molecular complexity index is 780. The van der Waals surface area contributed by atoms with Crippen molar-refractivity contribution in [2.45, 2.75) is 24.5 Å². The number of rotatable bonds is 2. The molecule has 0 unspecified atom stereocenters. The van der Waals surface area contributed by atoms with E-state index < -0.39 is 31.1 Å². The van der Waals surface area contributed by atoms with Crippen molar-refractivity contribution in [3.05, 3.63) is 22.7 Å². The number of aromatic nitrogens is 3. The lowest BCUT2D eigenvalue weighted by Gasteiger charge is -2.17. The number of nitriles is 1. The second-order valence-electron chi connectivity index (χ2n) is 4.72. The van der Waals surface area contributed by atoms with Gasteiger partial charge in [-0.05, 0) is 0 Å². The summed E-state index contributed by atoms with van der Waals surface area (Å²) in [5, 5.41) is 38.7. The highest BCUT2D eigenvalue weighted by atomic mass is 32.1. The first-order valence-electron chi connectivity index (χ1n) is 6.19. The molecule has 21 heavy (non-hydrogen) atoms. The van der Waals surface area contributed by atoms with Crippen LogP contribution in [0.15, 0.2) is 12.5 Å². The summed E-state index contributed by atoms with van der Waals surface area (Å²) in [5.74, 6) is 0. The maximum Gasteiger partial charge on any atom is 0.164 e. The number of H-pyrrole nitrogens is 1. The van der Waals surface area contributed by atoms with Crippen LogP contribution in [0.4, 0.5) is 0 Å². The molecule has 0 aromatic carbocycles. The number of hydrogen-bond donors (Lipinski definition) is 4. The lowest BCUT2D eigenvalue weighted by Crippen LogP contribution is -2.33. The van der Waals surface area contributed by atoms with Crippen molar-refractivity contribution >= 4 is 23.3 Å². The van der Waals surface area contributed by atoms with Crippen LogP contribution in [0, 0.1) is 16.0 Å². The summed E-state index contributed by atoms with van der Waals surface area (Å²) in [4.78, 5) is 6.78. The lowest BCUT2D eigenvalue weighted by molar-refractivity contribution is -0.0508. The highest BCUT2D eigenvalue weighted by Crippen LogP contribution is 2.33. The number of aliphatic hydroxyl groups excluding tert-OH is 3. The van der Waals surface area contributed by atoms with Crippen LogP contribution in [0.3, 0.4) is 0 Å². The van der Waals surface area contributed by atoms with Crippen molar-refractivity contribution < 1.29 is 20.1 Å². The molecule has 0 radical (unpaired) electrons. The Kier molecular flexibility index (Phi) is 3.48. The Labute approximate surface area is 123 Å². The van der Waals surface area contributed by atoms with Crippen LogP contribution >= 0.6 is 12.2 Å². The zero-order chi connectivity index (χ0) is 15.1. The molecule has 1 fully saturated rings. The second kappa shape index (κ2) is 5.18. The second-order valence-corrected chi connectivity index (χ2v) is 5.11. The maximum atomic E-state index is 10.1. The molecule has 1 aliphatic rings. The molecule has 0 bridgehead atoms. The van der Waals surface area contributed by atoms with Crippen LogP contribution in [-0.2, 0) is 4.74 Å². The van der Waals surface area contributed by atoms with E-state index in [1.54, 1.807) is 0 Å². The van der Waals surface area contributed by atoms with E-state index in [4.69, 9.17) is 22.1 Å². The number of fused-ring (bicyclic) bond motifs is 1. The normalized spacial score (nSPS) is 28.9. The van der Waals surface area contributed by atoms with Gasteiger partial charge in [0.25, 0.3) is 0 Å². The van der Waals surface area contributed by atoms with Crippen LogP contribution in [0.1, 0.15) is 11.8 Å². The van der Waals surface area contributed by atoms with E-state index in [0.717, 1.165) is 0 Å². The van der Waals surface area contributed by atoms with Crippen molar-refractivity contribution in [3.63, 3.8) is 0 Å². The number of nitrogens with zero attached hydrogens (tertiary/aromatic N) is 3. The molecule has 0 aliphatic carbocycles. The van der Waals surface area contributed by atoms with E-state index in [-0.39, 0.29) is 10.2 Å². The van der Waals surface area contributed by atoms with Gasteiger partial charge in [0.1, 0.15) is 34.7 Å². The molecule has 2 aromatic rings. The molecule has 0 amide bonds. The number of aromatic amines is 1. The van der Waals surface area contributed by atoms with Gasteiger partial charge < -0.3 is 29.6 Å². The molecule has 4 N–H and O–H groups in total. The first-order valence-corrected chi connectivity index (χ1v) is 6.60. The van der Waals surface area contributed by atoms with Gasteiger partial charge in [0.15, 0.2) is 6.23 Å². The molecule has 8 nitrogen and oxygen atoms in total. The molecule has 0 spiro atoms. The Balaban J connectivity index is 2.17. The van der Waals surface area contributed by atoms with E-state index in [1.165, 1.54) is 17.1 Å². The summed E-state index contributed by atoms with van der Waals surface area (Å²) in [7, 11) is 0. The maximum absolute atomic E-state index is 10.1. The van der Waals surface area contributed by atoms with Crippen molar-refractivity contribution in [3.8, 4) is 6.07 Å². The summed E-state index contributed by atoms with van der Waals surface area (Å²) in [6, 6.07) is 2.01. The fraction of sp³-hybridized carbons (Fsp3) is 0.417. The zero-order valence-electron chi connectivity index (χ0n) is 10.7. The predicted octanol–water partition coefficient (Wildman–Crippen LogP) is -0.423. The first kappa shape index (κ1) is 14.1. The monoisotopic (exact) mass is 308 g/mol. The SMILES string of the molecule is N#Cc1cn([C@H]2O[C@@H](CO)[C@@H](O)[C@H]2O)c2[nH]cnc(=S)c12. The lowest BCUT2D eigenvalue weighted by atomic mass is 10.1. The van der Waals surface area contributed by atoms with Gasteiger partial charge in [-0.15, -0.1) is 0 Å². The molecule has 110 valence electrons. The topological polar surface area (TPSA) is 127 Å². The van der Waals surface area contributed by atoms with Gasteiger partial charge in [0.2, 0.25) is 0 Å². The van der Waals surface area contributed by atoms with Crippen molar-refractivity contribution in [1.29, 1.82) is 5.26 Å². The summed E-state index contributed by atoms with van der Waals surface area (Å²) < 4.78 is 7.19. The number of ether oxygens (including phenoxy) is 1. The molecule has 1 aliphatic heterocycles. The number of hydrogen-bond acceptors (Lipinski definition) is 7. The average molecular weight is 308 g/mol. The minimum atomic E-state index is -1.24. The minimum Gasteiger partial charge on any atom is -0.394 e. The summed E-state index contributed by atoms with van der Waals surface area (Å²) in [6.07, 6.45) is -1.43. The molecule has 4 atom stereocenters. The van der Waals surface area contributed by atoms with Gasteiger partial charge in [0, 0.05) is 6.20 Å². The van der Waals surface area contributed by atoms with Gasteiger partial charge in [-0.2, -0.15) is 5.26 Å². The summed E-state index contributed by atoms with van der Waals surface area (Å²) in [5.41, 5.74) is 0.749. The van der Waals surface area contributed by atoms with Crippen molar-refractivity contribution in [1.82, 2.24) is 14.5 Å². The van der Waals surface area contributed by atoms with Crippen LogP contribution < -0.4 is 0 Å². The third kappa shape index (κ3) is 2.05. The van der Waals surface area contributed by atoms with E-state index in [9.17, 15) is 15.5 Å². The van der Waals surface area contributed by atoms with Crippen LogP contribution in [-0.4, -0.2) is 54.8 Å².